The number of hydrogen-bond donors (Lipinski definition) is 1. The average molecular weight is 339 g/mol. The van der Waals surface area contributed by atoms with Crippen molar-refractivity contribution in [3.63, 3.8) is 0 Å². The summed E-state index contributed by atoms with van der Waals surface area (Å²) in [5, 5.41) is 8.65. The topological polar surface area (TPSA) is 100 Å². The van der Waals surface area contributed by atoms with Gasteiger partial charge in [-0.15, -0.1) is 0 Å². The maximum atomic E-state index is 8.65. The Kier molecular flexibility index (Phi) is 18.8. The maximum absolute atomic E-state index is 8.65. The number of rotatable bonds is 13. The molecule has 0 fully saturated rings. The normalized spacial score (nSPS) is 12.6. The van der Waals surface area contributed by atoms with Crippen molar-refractivity contribution in [2.24, 2.45) is 5.92 Å². The van der Waals surface area contributed by atoms with Crippen LogP contribution < -0.4 is 0 Å². The van der Waals surface area contributed by atoms with Gasteiger partial charge in [-0.2, -0.15) is 0 Å². The van der Waals surface area contributed by atoms with E-state index in [1.807, 2.05) is 0 Å². The highest BCUT2D eigenvalue weighted by Gasteiger charge is 1.99. The minimum Gasteiger partial charge on any atom is -0.759 e. The Hall–Kier alpha value is -0.170. The molecule has 5 nitrogen and oxygen atoms in total. The third kappa shape index (κ3) is 32.0. The lowest BCUT2D eigenvalue weighted by atomic mass is 9.98. The Morgan fingerprint density at radius 3 is 1.55 bits per heavy atom. The Balaban J connectivity index is 0. The van der Waals surface area contributed by atoms with E-state index < -0.39 is 10.4 Å². The molecule has 0 bridgehead atoms. The molecule has 0 aromatic carbocycles. The van der Waals surface area contributed by atoms with Gasteiger partial charge in [-0.3, -0.25) is 8.42 Å². The van der Waals surface area contributed by atoms with Crippen LogP contribution in [-0.2, 0) is 10.4 Å². The number of unbranched alkanes of at least 4 members (excludes halogenated alkanes) is 8. The molecule has 0 aliphatic heterocycles. The summed E-state index contributed by atoms with van der Waals surface area (Å²) in [5.41, 5.74) is 0. The van der Waals surface area contributed by atoms with E-state index in [-0.39, 0.29) is 0 Å². The van der Waals surface area contributed by atoms with Gasteiger partial charge >= 0.3 is 0 Å². The van der Waals surface area contributed by atoms with Crippen molar-refractivity contribution in [2.45, 2.75) is 90.9 Å². The first-order chi connectivity index (χ1) is 10.3. The first kappa shape index (κ1) is 24.1. The molecule has 0 saturated heterocycles. The van der Waals surface area contributed by atoms with E-state index in [1.54, 1.807) is 0 Å². The van der Waals surface area contributed by atoms with Crippen LogP contribution in [0.4, 0.5) is 0 Å². The van der Waals surface area contributed by atoms with Crippen LogP contribution in [0.3, 0.4) is 0 Å². The quantitative estimate of drug-likeness (QED) is 0.311. The largest absolute Gasteiger partial charge is 0.759 e. The van der Waals surface area contributed by atoms with Crippen molar-refractivity contribution in [3.8, 4) is 0 Å². The molecular formula is C16H34O5S-2. The van der Waals surface area contributed by atoms with E-state index in [0.717, 1.165) is 12.3 Å². The van der Waals surface area contributed by atoms with Gasteiger partial charge in [0.15, 0.2) is 0 Å². The second kappa shape index (κ2) is 17.2. The molecule has 22 heavy (non-hydrogen) atoms. The first-order valence-corrected chi connectivity index (χ1v) is 9.92. The lowest BCUT2D eigenvalue weighted by molar-refractivity contribution is 0.282. The summed E-state index contributed by atoms with van der Waals surface area (Å²) in [7, 11) is -5.17. The van der Waals surface area contributed by atoms with Crippen LogP contribution in [0.1, 0.15) is 90.9 Å². The van der Waals surface area contributed by atoms with Gasteiger partial charge in [-0.25, -0.2) is 0 Å². The standard InChI is InChI=1S/C16H34O.H2O4S/c1-3-13-16(2)14-11-9-7-5-4-6-8-10-12-15-17;1-5(2,3)4/h16-17H,3-15H2,1-2H3;(H2,1,2,3,4)/p-2. The summed E-state index contributed by atoms with van der Waals surface area (Å²) in [4.78, 5) is 0. The fourth-order valence-corrected chi connectivity index (χ4v) is 2.48. The van der Waals surface area contributed by atoms with E-state index in [0.29, 0.717) is 6.61 Å². The van der Waals surface area contributed by atoms with Crippen LogP contribution in [0.5, 0.6) is 0 Å². The molecule has 136 valence electrons. The summed E-state index contributed by atoms with van der Waals surface area (Å²) in [5.74, 6) is 0.943. The molecule has 0 aromatic heterocycles. The summed E-state index contributed by atoms with van der Waals surface area (Å²) in [6.45, 7) is 5.05. The maximum Gasteiger partial charge on any atom is 0.0431 e. The van der Waals surface area contributed by atoms with Crippen molar-refractivity contribution in [2.75, 3.05) is 6.61 Å². The monoisotopic (exact) mass is 338 g/mol. The Labute approximate surface area is 137 Å². The zero-order chi connectivity index (χ0) is 17.3. The van der Waals surface area contributed by atoms with Gasteiger partial charge in [-0.1, -0.05) is 84.5 Å². The highest BCUT2D eigenvalue weighted by Crippen LogP contribution is 2.16. The molecule has 0 radical (unpaired) electrons. The Bertz CT molecular complexity index is 296. The summed E-state index contributed by atoms with van der Waals surface area (Å²) >= 11 is 0. The molecule has 0 aliphatic rings. The van der Waals surface area contributed by atoms with Gasteiger partial charge in [-0.05, 0) is 12.3 Å². The van der Waals surface area contributed by atoms with Crippen molar-refractivity contribution < 1.29 is 22.6 Å². The van der Waals surface area contributed by atoms with Gasteiger partial charge < -0.3 is 14.2 Å². The van der Waals surface area contributed by atoms with Gasteiger partial charge in [0, 0.05) is 17.0 Å². The smallest absolute Gasteiger partial charge is 0.0431 e. The molecule has 6 heteroatoms. The number of aliphatic hydroxyl groups is 1. The average Bonchev–Trinajstić information content (AvgIpc) is 2.39. The summed E-state index contributed by atoms with van der Waals surface area (Å²) in [6.07, 6.45) is 16.2. The van der Waals surface area contributed by atoms with Crippen molar-refractivity contribution in [3.05, 3.63) is 0 Å². The second-order valence-electron chi connectivity index (χ2n) is 6.00. The van der Waals surface area contributed by atoms with Gasteiger partial charge in [0.2, 0.25) is 0 Å². The van der Waals surface area contributed by atoms with Crippen LogP contribution in [0.15, 0.2) is 0 Å². The molecule has 1 atom stereocenters. The number of aliphatic hydroxyl groups excluding tert-OH is 1. The Morgan fingerprint density at radius 2 is 1.18 bits per heavy atom. The molecule has 1 N–H and O–H groups in total. The first-order valence-electron chi connectivity index (χ1n) is 8.58. The van der Waals surface area contributed by atoms with Crippen LogP contribution >= 0.6 is 0 Å². The molecule has 0 rings (SSSR count). The summed E-state index contributed by atoms with van der Waals surface area (Å²) < 4.78 is 34.1. The second-order valence-corrected chi connectivity index (χ2v) is 6.81. The highest BCUT2D eigenvalue weighted by molar-refractivity contribution is 7.79. The van der Waals surface area contributed by atoms with Crippen molar-refractivity contribution in [1.82, 2.24) is 0 Å². The third-order valence-electron chi connectivity index (χ3n) is 3.64. The van der Waals surface area contributed by atoms with Gasteiger partial charge in [0.25, 0.3) is 0 Å². The van der Waals surface area contributed by atoms with Crippen LogP contribution in [-0.4, -0.2) is 29.2 Å². The SMILES string of the molecule is CCCC(C)CCCCCCCCCCCO.O=S(=O)([O-])[O-]. The zero-order valence-corrected chi connectivity index (χ0v) is 15.1. The van der Waals surface area contributed by atoms with E-state index in [9.17, 15) is 0 Å². The molecule has 0 amide bonds. The van der Waals surface area contributed by atoms with E-state index in [2.05, 4.69) is 13.8 Å². The lowest BCUT2D eigenvalue weighted by Gasteiger charge is -2.09. The minimum atomic E-state index is -5.17. The van der Waals surface area contributed by atoms with Crippen molar-refractivity contribution in [1.29, 1.82) is 0 Å². The molecule has 0 spiro atoms. The van der Waals surface area contributed by atoms with Gasteiger partial charge in [0.1, 0.15) is 0 Å². The molecule has 1 unspecified atom stereocenters. The zero-order valence-electron chi connectivity index (χ0n) is 14.3. The molecule has 0 aliphatic carbocycles. The fourth-order valence-electron chi connectivity index (χ4n) is 2.48. The van der Waals surface area contributed by atoms with E-state index in [1.165, 1.54) is 70.6 Å². The predicted molar refractivity (Wildman–Crippen MR) is 87.8 cm³/mol. The van der Waals surface area contributed by atoms with E-state index in [4.69, 9.17) is 22.6 Å². The van der Waals surface area contributed by atoms with Gasteiger partial charge in [0.05, 0.1) is 0 Å². The molecule has 0 saturated carbocycles. The van der Waals surface area contributed by atoms with Crippen LogP contribution in [0, 0.1) is 5.92 Å². The lowest BCUT2D eigenvalue weighted by Crippen LogP contribution is -1.93. The number of hydrogen-bond acceptors (Lipinski definition) is 5. The third-order valence-corrected chi connectivity index (χ3v) is 3.64. The van der Waals surface area contributed by atoms with Crippen LogP contribution in [0.25, 0.3) is 0 Å². The molecule has 0 heterocycles. The van der Waals surface area contributed by atoms with Crippen molar-refractivity contribution >= 4 is 10.4 Å². The van der Waals surface area contributed by atoms with E-state index >= 15 is 0 Å². The molecular weight excluding hydrogens is 304 g/mol. The fraction of sp³-hybridized carbons (Fsp3) is 1.00. The minimum absolute atomic E-state index is 0.371. The van der Waals surface area contributed by atoms with Crippen LogP contribution in [0.2, 0.25) is 0 Å². The highest BCUT2D eigenvalue weighted by atomic mass is 32.3. The molecule has 0 aromatic rings. The predicted octanol–water partition coefficient (Wildman–Crippen LogP) is 3.98. The summed E-state index contributed by atoms with van der Waals surface area (Å²) in [6, 6.07) is 0. The Morgan fingerprint density at radius 1 is 0.818 bits per heavy atom.